The van der Waals surface area contributed by atoms with Crippen molar-refractivity contribution in [2.45, 2.75) is 6.92 Å². The molecule has 0 unspecified atom stereocenters. The Labute approximate surface area is 134 Å². The van der Waals surface area contributed by atoms with Gasteiger partial charge in [-0.2, -0.15) is 0 Å². The van der Waals surface area contributed by atoms with Crippen molar-refractivity contribution in [1.82, 2.24) is 0 Å². The van der Waals surface area contributed by atoms with Gasteiger partial charge < -0.3 is 4.74 Å². The van der Waals surface area contributed by atoms with Crippen LogP contribution in [0.1, 0.15) is 18.1 Å². The van der Waals surface area contributed by atoms with Gasteiger partial charge in [0.05, 0.1) is 6.61 Å². The summed E-state index contributed by atoms with van der Waals surface area (Å²) in [4.78, 5) is 24.7. The van der Waals surface area contributed by atoms with E-state index in [-0.39, 0.29) is 18.0 Å². The SMILES string of the molecule is CCOC(=O)C1=C(c2ccccc2)C(c2ccccc2)=CC1=O. The minimum atomic E-state index is -0.571. The Morgan fingerprint density at radius 2 is 1.48 bits per heavy atom. The molecule has 23 heavy (non-hydrogen) atoms. The Morgan fingerprint density at radius 1 is 0.913 bits per heavy atom. The van der Waals surface area contributed by atoms with Crippen molar-refractivity contribution >= 4 is 22.9 Å². The summed E-state index contributed by atoms with van der Waals surface area (Å²) in [5.74, 6) is -0.875. The minimum Gasteiger partial charge on any atom is -0.462 e. The molecular weight excluding hydrogens is 288 g/mol. The number of carbonyl (C=O) groups is 2. The third kappa shape index (κ3) is 2.86. The third-order valence-corrected chi connectivity index (χ3v) is 3.67. The Kier molecular flexibility index (Phi) is 4.20. The summed E-state index contributed by atoms with van der Waals surface area (Å²) >= 11 is 0. The standard InChI is InChI=1S/C20H16O3/c1-2-23-20(22)19-17(21)13-16(14-9-5-3-6-10-14)18(19)15-11-7-4-8-12-15/h3-13H,2H2,1H3. The van der Waals surface area contributed by atoms with Crippen molar-refractivity contribution in [2.24, 2.45) is 0 Å². The lowest BCUT2D eigenvalue weighted by Gasteiger charge is -2.11. The number of ether oxygens (including phenoxy) is 1. The highest BCUT2D eigenvalue weighted by Crippen LogP contribution is 2.39. The van der Waals surface area contributed by atoms with E-state index in [2.05, 4.69) is 0 Å². The predicted molar refractivity (Wildman–Crippen MR) is 89.4 cm³/mol. The van der Waals surface area contributed by atoms with Crippen molar-refractivity contribution < 1.29 is 14.3 Å². The van der Waals surface area contributed by atoms with Gasteiger partial charge in [-0.3, -0.25) is 4.79 Å². The number of hydrogen-bond acceptors (Lipinski definition) is 3. The predicted octanol–water partition coefficient (Wildman–Crippen LogP) is 3.67. The zero-order valence-corrected chi connectivity index (χ0v) is 12.8. The van der Waals surface area contributed by atoms with Crippen LogP contribution in [0.2, 0.25) is 0 Å². The summed E-state index contributed by atoms with van der Waals surface area (Å²) in [5, 5.41) is 0. The van der Waals surface area contributed by atoms with Crippen LogP contribution in [0, 0.1) is 0 Å². The highest BCUT2D eigenvalue weighted by Gasteiger charge is 2.32. The maximum Gasteiger partial charge on any atom is 0.342 e. The molecule has 114 valence electrons. The molecule has 0 spiro atoms. The quantitative estimate of drug-likeness (QED) is 0.639. The normalized spacial score (nSPS) is 14.0. The molecule has 0 saturated heterocycles. The monoisotopic (exact) mass is 304 g/mol. The van der Waals surface area contributed by atoms with E-state index in [1.807, 2.05) is 60.7 Å². The molecule has 0 aromatic heterocycles. The van der Waals surface area contributed by atoms with Crippen molar-refractivity contribution in [3.8, 4) is 0 Å². The molecule has 0 atom stereocenters. The second-order valence-corrected chi connectivity index (χ2v) is 5.12. The zero-order chi connectivity index (χ0) is 16.2. The van der Waals surface area contributed by atoms with Gasteiger partial charge in [0.1, 0.15) is 5.57 Å². The summed E-state index contributed by atoms with van der Waals surface area (Å²) in [6, 6.07) is 19.0. The fourth-order valence-electron chi connectivity index (χ4n) is 2.69. The first-order valence-electron chi connectivity index (χ1n) is 7.51. The Hall–Kier alpha value is -2.94. The number of rotatable bonds is 4. The van der Waals surface area contributed by atoms with Crippen LogP contribution in [0.15, 0.2) is 72.3 Å². The fourth-order valence-corrected chi connectivity index (χ4v) is 2.69. The minimum absolute atomic E-state index is 0.108. The van der Waals surface area contributed by atoms with Gasteiger partial charge in [-0.25, -0.2) is 4.79 Å². The number of benzene rings is 2. The van der Waals surface area contributed by atoms with Crippen LogP contribution in [-0.2, 0) is 14.3 Å². The topological polar surface area (TPSA) is 43.4 Å². The van der Waals surface area contributed by atoms with E-state index < -0.39 is 5.97 Å². The maximum atomic E-state index is 12.4. The first kappa shape index (κ1) is 15.0. The van der Waals surface area contributed by atoms with Crippen LogP contribution in [0.25, 0.3) is 11.1 Å². The van der Waals surface area contributed by atoms with Crippen LogP contribution in [0.5, 0.6) is 0 Å². The summed E-state index contributed by atoms with van der Waals surface area (Å²) in [6.07, 6.45) is 1.52. The molecule has 1 aliphatic rings. The van der Waals surface area contributed by atoms with Crippen molar-refractivity contribution in [1.29, 1.82) is 0 Å². The lowest BCUT2D eigenvalue weighted by Crippen LogP contribution is -2.13. The lowest BCUT2D eigenvalue weighted by atomic mass is 9.93. The Balaban J connectivity index is 2.19. The van der Waals surface area contributed by atoms with E-state index in [1.54, 1.807) is 6.92 Å². The number of hydrogen-bond donors (Lipinski definition) is 0. The Bertz CT molecular complexity index is 799. The second kappa shape index (κ2) is 6.44. The van der Waals surface area contributed by atoms with Crippen LogP contribution in [0.4, 0.5) is 0 Å². The maximum absolute atomic E-state index is 12.4. The van der Waals surface area contributed by atoms with Gasteiger partial charge in [0.25, 0.3) is 0 Å². The van der Waals surface area contributed by atoms with Gasteiger partial charge in [-0.1, -0.05) is 60.7 Å². The number of allylic oxidation sites excluding steroid dienone is 3. The summed E-state index contributed by atoms with van der Waals surface area (Å²) in [7, 11) is 0. The van der Waals surface area contributed by atoms with E-state index in [4.69, 9.17) is 4.74 Å². The lowest BCUT2D eigenvalue weighted by molar-refractivity contribution is -0.139. The smallest absolute Gasteiger partial charge is 0.342 e. The van der Waals surface area contributed by atoms with Crippen molar-refractivity contribution in [3.63, 3.8) is 0 Å². The molecule has 3 nitrogen and oxygen atoms in total. The van der Waals surface area contributed by atoms with E-state index in [9.17, 15) is 9.59 Å². The molecule has 2 aromatic carbocycles. The molecule has 0 fully saturated rings. The molecular formula is C20H16O3. The molecule has 0 radical (unpaired) electrons. The van der Waals surface area contributed by atoms with Gasteiger partial charge in [0.15, 0.2) is 5.78 Å². The van der Waals surface area contributed by atoms with Gasteiger partial charge in [0, 0.05) is 5.57 Å². The largest absolute Gasteiger partial charge is 0.462 e. The number of carbonyl (C=O) groups excluding carboxylic acids is 2. The molecule has 1 aliphatic carbocycles. The van der Waals surface area contributed by atoms with Crippen molar-refractivity contribution in [3.05, 3.63) is 83.4 Å². The van der Waals surface area contributed by atoms with Crippen LogP contribution in [0.3, 0.4) is 0 Å². The fraction of sp³-hybridized carbons (Fsp3) is 0.100. The molecule has 0 bridgehead atoms. The van der Waals surface area contributed by atoms with Crippen molar-refractivity contribution in [2.75, 3.05) is 6.61 Å². The highest BCUT2D eigenvalue weighted by molar-refractivity contribution is 6.38. The summed E-state index contributed by atoms with van der Waals surface area (Å²) < 4.78 is 5.08. The van der Waals surface area contributed by atoms with Gasteiger partial charge in [-0.15, -0.1) is 0 Å². The van der Waals surface area contributed by atoms with Gasteiger partial charge >= 0.3 is 5.97 Å². The average Bonchev–Trinajstić information content (AvgIpc) is 2.94. The average molecular weight is 304 g/mol. The second-order valence-electron chi connectivity index (χ2n) is 5.12. The molecule has 3 rings (SSSR count). The Morgan fingerprint density at radius 3 is 2.04 bits per heavy atom. The molecule has 0 N–H and O–H groups in total. The number of esters is 1. The van der Waals surface area contributed by atoms with E-state index in [1.165, 1.54) is 6.08 Å². The first-order valence-corrected chi connectivity index (χ1v) is 7.51. The van der Waals surface area contributed by atoms with Crippen LogP contribution >= 0.6 is 0 Å². The van der Waals surface area contributed by atoms with E-state index >= 15 is 0 Å². The third-order valence-electron chi connectivity index (χ3n) is 3.67. The zero-order valence-electron chi connectivity index (χ0n) is 12.8. The molecule has 0 saturated carbocycles. The van der Waals surface area contributed by atoms with Crippen LogP contribution in [-0.4, -0.2) is 18.4 Å². The van der Waals surface area contributed by atoms with Gasteiger partial charge in [0.2, 0.25) is 0 Å². The molecule has 0 aliphatic heterocycles. The molecule has 0 heterocycles. The number of ketones is 1. The first-order chi connectivity index (χ1) is 11.2. The summed E-state index contributed by atoms with van der Waals surface area (Å²) in [6.45, 7) is 1.96. The highest BCUT2D eigenvalue weighted by atomic mass is 16.5. The molecule has 3 heteroatoms. The van der Waals surface area contributed by atoms with Gasteiger partial charge in [-0.05, 0) is 29.7 Å². The van der Waals surface area contributed by atoms with E-state index in [0.29, 0.717) is 5.57 Å². The van der Waals surface area contributed by atoms with E-state index in [0.717, 1.165) is 16.7 Å². The molecule has 2 aromatic rings. The summed E-state index contributed by atoms with van der Waals surface area (Å²) in [5.41, 5.74) is 3.23. The molecule has 0 amide bonds. The van der Waals surface area contributed by atoms with Crippen LogP contribution < -0.4 is 0 Å².